The molecular formula is C10H9N3O3. The number of imidazole rings is 1. The molecule has 0 radical (unpaired) electrons. The first-order chi connectivity index (χ1) is 7.58. The molecule has 0 unspecified atom stereocenters. The lowest BCUT2D eigenvalue weighted by Crippen LogP contribution is -1.92. The van der Waals surface area contributed by atoms with Crippen molar-refractivity contribution in [3.05, 3.63) is 40.6 Å². The van der Waals surface area contributed by atoms with Crippen molar-refractivity contribution in [3.63, 3.8) is 0 Å². The van der Waals surface area contributed by atoms with Gasteiger partial charge < -0.3 is 9.67 Å². The minimum absolute atomic E-state index is 0.0298. The lowest BCUT2D eigenvalue weighted by Gasteiger charge is -2.00. The van der Waals surface area contributed by atoms with Crippen molar-refractivity contribution in [1.82, 2.24) is 9.55 Å². The second-order valence-corrected chi connectivity index (χ2v) is 3.34. The quantitative estimate of drug-likeness (QED) is 0.615. The molecule has 0 amide bonds. The first-order valence-corrected chi connectivity index (χ1v) is 4.55. The van der Waals surface area contributed by atoms with E-state index in [1.165, 1.54) is 18.3 Å². The van der Waals surface area contributed by atoms with Gasteiger partial charge in [0.2, 0.25) is 5.88 Å². The van der Waals surface area contributed by atoms with Gasteiger partial charge in [0.05, 0.1) is 11.1 Å². The summed E-state index contributed by atoms with van der Waals surface area (Å²) < 4.78 is 1.65. The summed E-state index contributed by atoms with van der Waals surface area (Å²) in [4.78, 5) is 13.9. The van der Waals surface area contributed by atoms with Crippen LogP contribution in [0.15, 0.2) is 30.5 Å². The van der Waals surface area contributed by atoms with E-state index < -0.39 is 4.92 Å². The molecule has 0 bridgehead atoms. The van der Waals surface area contributed by atoms with Crippen LogP contribution in [0.4, 0.5) is 5.69 Å². The standard InChI is InChI=1S/C10H9N3O3/c1-12-6-9(14)11-10(12)7-2-4-8(5-3-7)13(15)16/h2-6,14H,1H3. The zero-order chi connectivity index (χ0) is 11.7. The Morgan fingerprint density at radius 3 is 2.44 bits per heavy atom. The fourth-order valence-corrected chi connectivity index (χ4v) is 1.45. The van der Waals surface area contributed by atoms with Crippen molar-refractivity contribution in [3.8, 4) is 17.3 Å². The second-order valence-electron chi connectivity index (χ2n) is 3.34. The third-order valence-corrected chi connectivity index (χ3v) is 2.20. The predicted molar refractivity (Wildman–Crippen MR) is 57.0 cm³/mol. The average Bonchev–Trinajstić information content (AvgIpc) is 2.58. The number of rotatable bonds is 2. The van der Waals surface area contributed by atoms with E-state index in [0.29, 0.717) is 11.4 Å². The van der Waals surface area contributed by atoms with Gasteiger partial charge in [-0.2, -0.15) is 4.98 Å². The van der Waals surface area contributed by atoms with Gasteiger partial charge in [-0.25, -0.2) is 0 Å². The monoisotopic (exact) mass is 219 g/mol. The highest BCUT2D eigenvalue weighted by Gasteiger charge is 2.09. The number of aromatic nitrogens is 2. The molecule has 6 heteroatoms. The third kappa shape index (κ3) is 1.72. The van der Waals surface area contributed by atoms with Gasteiger partial charge in [-0.3, -0.25) is 10.1 Å². The van der Waals surface area contributed by atoms with Gasteiger partial charge in [-0.15, -0.1) is 0 Å². The minimum Gasteiger partial charge on any atom is -0.492 e. The number of benzene rings is 1. The predicted octanol–water partition coefficient (Wildman–Crippen LogP) is 1.70. The van der Waals surface area contributed by atoms with E-state index in [1.54, 1.807) is 23.7 Å². The maximum absolute atomic E-state index is 10.5. The molecule has 0 saturated heterocycles. The van der Waals surface area contributed by atoms with E-state index in [0.717, 1.165) is 0 Å². The largest absolute Gasteiger partial charge is 0.492 e. The molecule has 6 nitrogen and oxygen atoms in total. The number of aryl methyl sites for hydroxylation is 1. The Morgan fingerprint density at radius 1 is 1.38 bits per heavy atom. The molecule has 0 aliphatic carbocycles. The Morgan fingerprint density at radius 2 is 2.00 bits per heavy atom. The lowest BCUT2D eigenvalue weighted by molar-refractivity contribution is -0.384. The summed E-state index contributed by atoms with van der Waals surface area (Å²) in [5, 5.41) is 19.7. The molecule has 0 aliphatic rings. The smallest absolute Gasteiger partial charge is 0.269 e. The number of nitro groups is 1. The summed E-state index contributed by atoms with van der Waals surface area (Å²) in [6, 6.07) is 6.00. The van der Waals surface area contributed by atoms with Crippen molar-refractivity contribution in [2.75, 3.05) is 0 Å². The summed E-state index contributed by atoms with van der Waals surface area (Å²) in [6.45, 7) is 0. The molecule has 2 aromatic rings. The lowest BCUT2D eigenvalue weighted by atomic mass is 10.2. The van der Waals surface area contributed by atoms with E-state index >= 15 is 0 Å². The summed E-state index contributed by atoms with van der Waals surface area (Å²) >= 11 is 0. The van der Waals surface area contributed by atoms with Gasteiger partial charge in [0, 0.05) is 24.7 Å². The normalized spacial score (nSPS) is 10.3. The molecule has 1 heterocycles. The first-order valence-electron chi connectivity index (χ1n) is 4.55. The highest BCUT2D eigenvalue weighted by atomic mass is 16.6. The molecule has 1 aromatic heterocycles. The maximum atomic E-state index is 10.5. The van der Waals surface area contributed by atoms with Gasteiger partial charge in [0.15, 0.2) is 0 Å². The molecular weight excluding hydrogens is 210 g/mol. The van der Waals surface area contributed by atoms with Crippen molar-refractivity contribution in [2.45, 2.75) is 0 Å². The van der Waals surface area contributed by atoms with E-state index in [-0.39, 0.29) is 11.6 Å². The van der Waals surface area contributed by atoms with Crippen LogP contribution in [-0.4, -0.2) is 19.6 Å². The molecule has 0 saturated carbocycles. The Labute approximate surface area is 90.9 Å². The summed E-state index contributed by atoms with van der Waals surface area (Å²) in [6.07, 6.45) is 1.47. The molecule has 16 heavy (non-hydrogen) atoms. The molecule has 1 N–H and O–H groups in total. The van der Waals surface area contributed by atoms with Crippen molar-refractivity contribution >= 4 is 5.69 Å². The topological polar surface area (TPSA) is 81.2 Å². The van der Waals surface area contributed by atoms with Crippen LogP contribution in [0, 0.1) is 10.1 Å². The molecule has 2 rings (SSSR count). The number of non-ortho nitro benzene ring substituents is 1. The first kappa shape index (κ1) is 10.2. The van der Waals surface area contributed by atoms with Crippen molar-refractivity contribution in [1.29, 1.82) is 0 Å². The zero-order valence-electron chi connectivity index (χ0n) is 8.49. The SMILES string of the molecule is Cn1cc(O)nc1-c1ccc([N+](=O)[O-])cc1. The van der Waals surface area contributed by atoms with E-state index in [4.69, 9.17) is 0 Å². The summed E-state index contributed by atoms with van der Waals surface area (Å²) in [5.74, 6) is 0.489. The Hall–Kier alpha value is -2.37. The number of nitrogens with zero attached hydrogens (tertiary/aromatic N) is 3. The number of hydrogen-bond donors (Lipinski definition) is 1. The second kappa shape index (κ2) is 3.65. The summed E-state index contributed by atoms with van der Waals surface area (Å²) in [5.41, 5.74) is 0.746. The molecule has 1 aromatic carbocycles. The van der Waals surface area contributed by atoms with Crippen molar-refractivity contribution < 1.29 is 10.0 Å². The fourth-order valence-electron chi connectivity index (χ4n) is 1.45. The molecule has 0 spiro atoms. The average molecular weight is 219 g/mol. The third-order valence-electron chi connectivity index (χ3n) is 2.20. The minimum atomic E-state index is -0.459. The molecule has 0 atom stereocenters. The maximum Gasteiger partial charge on any atom is 0.269 e. The zero-order valence-corrected chi connectivity index (χ0v) is 8.49. The van der Waals surface area contributed by atoms with Crippen LogP contribution >= 0.6 is 0 Å². The Bertz CT molecular complexity index is 531. The highest BCUT2D eigenvalue weighted by Crippen LogP contribution is 2.22. The van der Waals surface area contributed by atoms with Gasteiger partial charge in [-0.1, -0.05) is 0 Å². The van der Waals surface area contributed by atoms with E-state index in [2.05, 4.69) is 4.98 Å². The summed E-state index contributed by atoms with van der Waals surface area (Å²) in [7, 11) is 1.74. The van der Waals surface area contributed by atoms with Crippen LogP contribution in [0.3, 0.4) is 0 Å². The molecule has 82 valence electrons. The van der Waals surface area contributed by atoms with Crippen LogP contribution in [0.25, 0.3) is 11.4 Å². The van der Waals surface area contributed by atoms with Gasteiger partial charge >= 0.3 is 0 Å². The number of hydrogen-bond acceptors (Lipinski definition) is 4. The Balaban J connectivity index is 2.42. The molecule has 0 aliphatic heterocycles. The van der Waals surface area contributed by atoms with Crippen LogP contribution in [-0.2, 0) is 7.05 Å². The van der Waals surface area contributed by atoms with E-state index in [1.807, 2.05) is 0 Å². The van der Waals surface area contributed by atoms with Crippen LogP contribution in [0.2, 0.25) is 0 Å². The van der Waals surface area contributed by atoms with Gasteiger partial charge in [0.1, 0.15) is 5.82 Å². The van der Waals surface area contributed by atoms with Gasteiger partial charge in [-0.05, 0) is 12.1 Å². The Kier molecular flexibility index (Phi) is 2.32. The van der Waals surface area contributed by atoms with Crippen molar-refractivity contribution in [2.24, 2.45) is 7.05 Å². The number of aromatic hydroxyl groups is 1. The fraction of sp³-hybridized carbons (Fsp3) is 0.100. The molecule has 0 fully saturated rings. The van der Waals surface area contributed by atoms with Crippen LogP contribution < -0.4 is 0 Å². The van der Waals surface area contributed by atoms with Crippen LogP contribution in [0.1, 0.15) is 0 Å². The highest BCUT2D eigenvalue weighted by molar-refractivity contribution is 5.58. The van der Waals surface area contributed by atoms with Gasteiger partial charge in [0.25, 0.3) is 5.69 Å². The van der Waals surface area contributed by atoms with E-state index in [9.17, 15) is 15.2 Å². The van der Waals surface area contributed by atoms with Crippen LogP contribution in [0.5, 0.6) is 5.88 Å². The number of nitro benzene ring substituents is 1.